The van der Waals surface area contributed by atoms with Crippen LogP contribution in [-0.2, 0) is 51.8 Å². The molecule has 3 heterocycles. The summed E-state index contributed by atoms with van der Waals surface area (Å²) in [5, 5.41) is 8.47. The second-order valence-corrected chi connectivity index (χ2v) is 19.0. The second-order valence-electron chi connectivity index (χ2n) is 16.6. The highest BCUT2D eigenvalue weighted by molar-refractivity contribution is 7.91. The van der Waals surface area contributed by atoms with Crippen molar-refractivity contribution in [2.24, 2.45) is 11.8 Å². The number of halogens is 1. The van der Waals surface area contributed by atoms with Crippen LogP contribution in [0, 0.1) is 11.8 Å². The maximum atomic E-state index is 14.7. The molecule has 310 valence electrons. The summed E-state index contributed by atoms with van der Waals surface area (Å²) in [6.07, 6.45) is 10.6. The number of ether oxygens (including phenoxy) is 1. The van der Waals surface area contributed by atoms with Gasteiger partial charge in [-0.25, -0.2) is 13.2 Å². The van der Waals surface area contributed by atoms with Crippen molar-refractivity contribution in [3.05, 3.63) is 46.5 Å². The molecule has 1 aromatic rings. The molecule has 3 aliphatic carbocycles. The van der Waals surface area contributed by atoms with Crippen molar-refractivity contribution in [2.75, 3.05) is 6.54 Å². The van der Waals surface area contributed by atoms with E-state index in [-0.39, 0.29) is 50.7 Å². The summed E-state index contributed by atoms with van der Waals surface area (Å²) in [5.74, 6) is -3.47. The molecule has 3 aliphatic heterocycles. The number of nitrogens with zero attached hydrogens (tertiary/aromatic N) is 2. The Labute approximate surface area is 338 Å². The fourth-order valence-corrected chi connectivity index (χ4v) is 10.5. The van der Waals surface area contributed by atoms with E-state index >= 15 is 0 Å². The quantitative estimate of drug-likeness (QED) is 0.284. The summed E-state index contributed by atoms with van der Waals surface area (Å²) >= 11 is 6.39. The van der Waals surface area contributed by atoms with Gasteiger partial charge in [-0.3, -0.25) is 33.6 Å². The van der Waals surface area contributed by atoms with E-state index in [0.717, 1.165) is 56.1 Å². The third kappa shape index (κ3) is 9.27. The number of rotatable bonds is 8. The van der Waals surface area contributed by atoms with E-state index in [4.69, 9.17) is 16.3 Å². The molecule has 15 nitrogen and oxygen atoms in total. The van der Waals surface area contributed by atoms with Gasteiger partial charge in [0.15, 0.2) is 0 Å². The van der Waals surface area contributed by atoms with E-state index in [1.807, 2.05) is 18.2 Å². The van der Waals surface area contributed by atoms with Crippen molar-refractivity contribution in [1.29, 1.82) is 0 Å². The smallest absolute Gasteiger partial charge is 0.410 e. The minimum atomic E-state index is -3.93. The van der Waals surface area contributed by atoms with Crippen molar-refractivity contribution < 1.29 is 41.9 Å². The second kappa shape index (κ2) is 17.0. The Balaban J connectivity index is 1.15. The van der Waals surface area contributed by atoms with E-state index < -0.39 is 80.7 Å². The molecule has 57 heavy (non-hydrogen) atoms. The Morgan fingerprint density at radius 2 is 1.72 bits per heavy atom. The highest BCUT2D eigenvalue weighted by Crippen LogP contribution is 2.46. The Morgan fingerprint density at radius 3 is 2.44 bits per heavy atom. The van der Waals surface area contributed by atoms with E-state index in [1.54, 1.807) is 12.1 Å². The normalized spacial score (nSPS) is 29.3. The number of amides is 6. The highest BCUT2D eigenvalue weighted by atomic mass is 35.5. The summed E-state index contributed by atoms with van der Waals surface area (Å²) in [6, 6.07) is 2.32. The fourth-order valence-electron chi connectivity index (χ4n) is 8.92. The summed E-state index contributed by atoms with van der Waals surface area (Å²) in [6.45, 7) is 1.70. The number of fused-ring (bicyclic) bond motifs is 3. The van der Waals surface area contributed by atoms with Gasteiger partial charge < -0.3 is 25.6 Å². The molecule has 0 radical (unpaired) electrons. The van der Waals surface area contributed by atoms with Gasteiger partial charge in [0.25, 0.3) is 5.91 Å². The van der Waals surface area contributed by atoms with Crippen molar-refractivity contribution >= 4 is 57.3 Å². The van der Waals surface area contributed by atoms with Gasteiger partial charge in [-0.1, -0.05) is 68.0 Å². The van der Waals surface area contributed by atoms with Crippen molar-refractivity contribution in [1.82, 2.24) is 30.5 Å². The molecule has 0 bridgehead atoms. The maximum absolute atomic E-state index is 14.7. The van der Waals surface area contributed by atoms with Crippen molar-refractivity contribution in [3.8, 4) is 0 Å². The minimum absolute atomic E-state index is 0.0925. The summed E-state index contributed by atoms with van der Waals surface area (Å²) in [5.41, 5.74) is 0.145. The Morgan fingerprint density at radius 1 is 0.982 bits per heavy atom. The van der Waals surface area contributed by atoms with E-state index in [0.29, 0.717) is 30.7 Å². The number of sulfonamides is 1. The summed E-state index contributed by atoms with van der Waals surface area (Å²) in [7, 11) is -3.93. The molecule has 7 rings (SSSR count). The van der Waals surface area contributed by atoms with Crippen LogP contribution in [0.5, 0.6) is 0 Å². The summed E-state index contributed by atoms with van der Waals surface area (Å²) < 4.78 is 33.9. The number of benzene rings is 1. The lowest BCUT2D eigenvalue weighted by Gasteiger charge is -2.33. The van der Waals surface area contributed by atoms with Gasteiger partial charge >= 0.3 is 6.09 Å². The van der Waals surface area contributed by atoms with Crippen LogP contribution in [0.15, 0.2) is 30.4 Å². The van der Waals surface area contributed by atoms with Crippen LogP contribution in [0.1, 0.15) is 108 Å². The third-order valence-corrected chi connectivity index (χ3v) is 14.5. The monoisotopic (exact) mass is 828 g/mol. The minimum Gasteiger partial charge on any atom is -0.444 e. The molecule has 6 atom stereocenters. The topological polar surface area (TPSA) is 200 Å². The Hall–Kier alpha value is -4.18. The predicted molar refractivity (Wildman–Crippen MR) is 208 cm³/mol. The SMILES string of the molecule is CC(=O)N[C@H](C(=O)N[C@H]1CCCCC/C=C\[C@H]2C[C@@]2(C(=O)NS(=O)(=O)C2CC2)NC(=O)[C@@H]2C[C@@H](OC(=O)N3Cc4cccc(Cl)c4C3)CN2C1=O)C1CCCCC1. The van der Waals surface area contributed by atoms with E-state index in [2.05, 4.69) is 20.7 Å². The first-order valence-corrected chi connectivity index (χ1v) is 22.3. The number of hydrogen-bond acceptors (Lipinski definition) is 9. The number of carbonyl (C=O) groups excluding carboxylic acids is 6. The number of allylic oxidation sites excluding steroid dienone is 1. The standard InChI is InChI=1S/C40H53ClN6O9S/c1-24(48)42-34(25-11-6-5-7-12-25)36(50)43-32-16-9-4-2-3-8-14-27-20-40(27,38(52)45-57(54,55)29-17-18-29)44-35(49)33-19-28(22-47(33)37(32)51)56-39(53)46-21-26-13-10-15-31(41)30(26)23-46/h8,10,13-15,25,27-29,32-34H,2-7,9,11-12,16-23H2,1H3,(H,42,48)(H,43,50)(H,44,49)(H,45,52)/b14-8-/t27-,28+,32-,33-,34-,40+/m0/s1. The van der Waals surface area contributed by atoms with Crippen molar-refractivity contribution in [3.63, 3.8) is 0 Å². The first-order chi connectivity index (χ1) is 27.3. The maximum Gasteiger partial charge on any atom is 0.410 e. The molecule has 1 aromatic carbocycles. The van der Waals surface area contributed by atoms with E-state index in [9.17, 15) is 37.2 Å². The molecule has 3 saturated carbocycles. The lowest BCUT2D eigenvalue weighted by molar-refractivity contribution is -0.143. The van der Waals surface area contributed by atoms with Crippen LogP contribution in [-0.4, -0.2) is 95.4 Å². The van der Waals surface area contributed by atoms with Crippen LogP contribution < -0.4 is 20.7 Å². The molecule has 1 saturated heterocycles. The highest BCUT2D eigenvalue weighted by Gasteiger charge is 2.62. The molecule has 0 unspecified atom stereocenters. The lowest BCUT2D eigenvalue weighted by Crippen LogP contribution is -2.59. The van der Waals surface area contributed by atoms with Gasteiger partial charge in [0.05, 0.1) is 18.3 Å². The van der Waals surface area contributed by atoms with Gasteiger partial charge in [0.1, 0.15) is 29.8 Å². The van der Waals surface area contributed by atoms with Crippen LogP contribution in [0.4, 0.5) is 4.79 Å². The zero-order valence-electron chi connectivity index (χ0n) is 32.3. The van der Waals surface area contributed by atoms with Gasteiger partial charge in [0, 0.05) is 30.8 Å². The van der Waals surface area contributed by atoms with Gasteiger partial charge in [-0.15, -0.1) is 0 Å². The molecular weight excluding hydrogens is 776 g/mol. The lowest BCUT2D eigenvalue weighted by atomic mass is 9.83. The van der Waals surface area contributed by atoms with Gasteiger partial charge in [-0.05, 0) is 74.5 Å². The van der Waals surface area contributed by atoms with Crippen LogP contribution in [0.3, 0.4) is 0 Å². The van der Waals surface area contributed by atoms with Crippen molar-refractivity contribution in [2.45, 2.75) is 145 Å². The average Bonchev–Trinajstić information content (AvgIpc) is 4.06. The van der Waals surface area contributed by atoms with Gasteiger partial charge in [0.2, 0.25) is 33.7 Å². The van der Waals surface area contributed by atoms with Crippen LogP contribution in [0.25, 0.3) is 0 Å². The molecular formula is C40H53ClN6O9S. The van der Waals surface area contributed by atoms with Gasteiger partial charge in [-0.2, -0.15) is 0 Å². The van der Waals surface area contributed by atoms with Crippen LogP contribution >= 0.6 is 11.6 Å². The first kappa shape index (κ1) is 41.0. The molecule has 4 N–H and O–H groups in total. The molecule has 0 spiro atoms. The molecule has 6 amide bonds. The zero-order valence-corrected chi connectivity index (χ0v) is 33.9. The molecule has 4 fully saturated rings. The molecule has 17 heteroatoms. The summed E-state index contributed by atoms with van der Waals surface area (Å²) in [4.78, 5) is 85.5. The average molecular weight is 829 g/mol. The number of hydrogen-bond donors (Lipinski definition) is 4. The first-order valence-electron chi connectivity index (χ1n) is 20.4. The number of nitrogens with one attached hydrogen (secondary N) is 4. The predicted octanol–water partition coefficient (Wildman–Crippen LogP) is 3.34. The molecule has 6 aliphatic rings. The number of carbonyl (C=O) groups is 6. The Kier molecular flexibility index (Phi) is 12.2. The largest absolute Gasteiger partial charge is 0.444 e. The van der Waals surface area contributed by atoms with E-state index in [1.165, 1.54) is 16.7 Å². The fraction of sp³-hybridized carbons (Fsp3) is 0.650. The molecule has 0 aromatic heterocycles. The third-order valence-electron chi connectivity index (χ3n) is 12.4. The van der Waals surface area contributed by atoms with Crippen LogP contribution in [0.2, 0.25) is 5.02 Å². The Bertz CT molecular complexity index is 1920. The zero-order chi connectivity index (χ0) is 40.5.